The molecule has 23 heavy (non-hydrogen) atoms. The van der Waals surface area contributed by atoms with Gasteiger partial charge in [-0.2, -0.15) is 0 Å². The van der Waals surface area contributed by atoms with E-state index in [1.54, 1.807) is 17.4 Å². The number of aryl methyl sites for hydroxylation is 1. The summed E-state index contributed by atoms with van der Waals surface area (Å²) in [7, 11) is 0. The van der Waals surface area contributed by atoms with E-state index in [0.29, 0.717) is 16.6 Å². The lowest BCUT2D eigenvalue weighted by Gasteiger charge is -2.18. The zero-order valence-corrected chi connectivity index (χ0v) is 15.1. The molecular weight excluding hydrogens is 349 g/mol. The molecule has 0 amide bonds. The molecule has 3 aromatic rings. The average Bonchev–Trinajstić information content (AvgIpc) is 3.01. The van der Waals surface area contributed by atoms with E-state index < -0.39 is 0 Å². The van der Waals surface area contributed by atoms with Crippen LogP contribution in [0.25, 0.3) is 16.2 Å². The molecular formula is C17H17Cl2N3S. The first-order chi connectivity index (χ1) is 11.1. The lowest BCUT2D eigenvalue weighted by molar-refractivity contribution is 0.498. The molecule has 0 aliphatic heterocycles. The smallest absolute Gasteiger partial charge is 0.194 e. The first-order valence-electron chi connectivity index (χ1n) is 7.76. The van der Waals surface area contributed by atoms with Gasteiger partial charge in [0.1, 0.15) is 0 Å². The Morgan fingerprint density at radius 1 is 1.39 bits per heavy atom. The van der Waals surface area contributed by atoms with Crippen LogP contribution in [0.2, 0.25) is 10.0 Å². The number of fused-ring (bicyclic) bond motifs is 3. The molecule has 1 aliphatic carbocycles. The molecule has 1 unspecified atom stereocenters. The summed E-state index contributed by atoms with van der Waals surface area (Å²) in [6.45, 7) is 2.75. The standard InChI is InChI=1S/C17H17Cl2N3S/c1-9-2-5-13-15(6-9)23-17-21-16(14(8-20)22(13)17)11-4-3-10(18)7-12(11)19/h3-4,7,9H,2,5-6,8,20H2,1H3. The summed E-state index contributed by atoms with van der Waals surface area (Å²) in [6, 6.07) is 5.52. The van der Waals surface area contributed by atoms with Crippen LogP contribution in [0.1, 0.15) is 29.6 Å². The van der Waals surface area contributed by atoms with Gasteiger partial charge in [0.15, 0.2) is 4.96 Å². The highest BCUT2D eigenvalue weighted by molar-refractivity contribution is 7.17. The Kier molecular flexibility index (Phi) is 3.88. The second-order valence-electron chi connectivity index (χ2n) is 6.17. The van der Waals surface area contributed by atoms with E-state index in [-0.39, 0.29) is 0 Å². The Bertz CT molecular complexity index is 897. The van der Waals surface area contributed by atoms with Crippen LogP contribution in [0, 0.1) is 5.92 Å². The zero-order valence-electron chi connectivity index (χ0n) is 12.8. The van der Waals surface area contributed by atoms with Gasteiger partial charge in [0.05, 0.1) is 16.4 Å². The van der Waals surface area contributed by atoms with Gasteiger partial charge in [-0.3, -0.25) is 4.40 Å². The molecule has 1 atom stereocenters. The van der Waals surface area contributed by atoms with Crippen LogP contribution in [0.15, 0.2) is 18.2 Å². The number of benzene rings is 1. The molecule has 3 nitrogen and oxygen atoms in total. The molecule has 2 aromatic heterocycles. The highest BCUT2D eigenvalue weighted by atomic mass is 35.5. The van der Waals surface area contributed by atoms with Crippen molar-refractivity contribution in [2.75, 3.05) is 0 Å². The largest absolute Gasteiger partial charge is 0.325 e. The number of imidazole rings is 1. The van der Waals surface area contributed by atoms with E-state index in [1.807, 2.05) is 12.1 Å². The Balaban J connectivity index is 1.93. The molecule has 0 saturated heterocycles. The second kappa shape index (κ2) is 5.78. The van der Waals surface area contributed by atoms with Crippen LogP contribution in [0.3, 0.4) is 0 Å². The SMILES string of the molecule is CC1CCc2c(sc3nc(-c4ccc(Cl)cc4Cl)c(CN)n23)C1. The monoisotopic (exact) mass is 365 g/mol. The van der Waals surface area contributed by atoms with E-state index in [4.69, 9.17) is 33.9 Å². The van der Waals surface area contributed by atoms with Crippen molar-refractivity contribution >= 4 is 39.5 Å². The van der Waals surface area contributed by atoms with Crippen molar-refractivity contribution in [1.82, 2.24) is 9.38 Å². The lowest BCUT2D eigenvalue weighted by Crippen LogP contribution is -2.13. The average molecular weight is 366 g/mol. The molecule has 0 saturated carbocycles. The number of nitrogens with zero attached hydrogens (tertiary/aromatic N) is 2. The second-order valence-corrected chi connectivity index (χ2v) is 8.08. The summed E-state index contributed by atoms with van der Waals surface area (Å²) >= 11 is 14.2. The van der Waals surface area contributed by atoms with Gasteiger partial charge in [-0.15, -0.1) is 11.3 Å². The number of thiazole rings is 1. The fourth-order valence-electron chi connectivity index (χ4n) is 3.37. The van der Waals surface area contributed by atoms with Crippen LogP contribution < -0.4 is 5.73 Å². The third kappa shape index (κ3) is 2.49. The molecule has 120 valence electrons. The van der Waals surface area contributed by atoms with Crippen molar-refractivity contribution in [2.45, 2.75) is 32.7 Å². The molecule has 0 spiro atoms. The van der Waals surface area contributed by atoms with Crippen molar-refractivity contribution in [3.8, 4) is 11.3 Å². The third-order valence-corrected chi connectivity index (χ3v) is 6.19. The normalized spacial score (nSPS) is 17.7. The van der Waals surface area contributed by atoms with Crippen LogP contribution in [-0.2, 0) is 19.4 Å². The van der Waals surface area contributed by atoms with Gasteiger partial charge in [0, 0.05) is 27.7 Å². The van der Waals surface area contributed by atoms with Gasteiger partial charge in [0.2, 0.25) is 0 Å². The number of aromatic nitrogens is 2. The van der Waals surface area contributed by atoms with E-state index in [1.165, 1.54) is 17.0 Å². The lowest BCUT2D eigenvalue weighted by atomic mass is 9.93. The maximum Gasteiger partial charge on any atom is 0.194 e. The van der Waals surface area contributed by atoms with E-state index in [9.17, 15) is 0 Å². The predicted octanol–water partition coefficient (Wildman–Crippen LogP) is 4.95. The molecule has 0 fully saturated rings. The highest BCUT2D eigenvalue weighted by Gasteiger charge is 2.25. The Morgan fingerprint density at radius 3 is 2.96 bits per heavy atom. The molecule has 1 aliphatic rings. The van der Waals surface area contributed by atoms with Crippen molar-refractivity contribution in [3.05, 3.63) is 44.5 Å². The number of hydrogen-bond acceptors (Lipinski definition) is 3. The summed E-state index contributed by atoms with van der Waals surface area (Å²) in [5.74, 6) is 0.748. The predicted molar refractivity (Wildman–Crippen MR) is 97.6 cm³/mol. The summed E-state index contributed by atoms with van der Waals surface area (Å²) in [5.41, 5.74) is 10.3. The summed E-state index contributed by atoms with van der Waals surface area (Å²) in [6.07, 6.45) is 3.45. The summed E-state index contributed by atoms with van der Waals surface area (Å²) < 4.78 is 2.26. The van der Waals surface area contributed by atoms with Gasteiger partial charge < -0.3 is 5.73 Å². The first kappa shape index (κ1) is 15.5. The van der Waals surface area contributed by atoms with E-state index in [0.717, 1.165) is 40.7 Å². The summed E-state index contributed by atoms with van der Waals surface area (Å²) in [4.78, 5) is 7.32. The molecule has 0 radical (unpaired) electrons. The van der Waals surface area contributed by atoms with E-state index >= 15 is 0 Å². The first-order valence-corrected chi connectivity index (χ1v) is 9.33. The van der Waals surface area contributed by atoms with Crippen LogP contribution >= 0.6 is 34.5 Å². The van der Waals surface area contributed by atoms with Gasteiger partial charge >= 0.3 is 0 Å². The maximum atomic E-state index is 6.38. The van der Waals surface area contributed by atoms with Crippen molar-refractivity contribution in [3.63, 3.8) is 0 Å². The van der Waals surface area contributed by atoms with Crippen molar-refractivity contribution in [2.24, 2.45) is 11.7 Å². The quantitative estimate of drug-likeness (QED) is 0.697. The fourth-order valence-corrected chi connectivity index (χ4v) is 5.22. The van der Waals surface area contributed by atoms with Crippen molar-refractivity contribution < 1.29 is 0 Å². The van der Waals surface area contributed by atoms with Gasteiger partial charge in [-0.1, -0.05) is 30.1 Å². The highest BCUT2D eigenvalue weighted by Crippen LogP contribution is 2.38. The zero-order chi connectivity index (χ0) is 16.1. The Hall–Kier alpha value is -1.07. The third-order valence-electron chi connectivity index (χ3n) is 4.54. The molecule has 2 heterocycles. The van der Waals surface area contributed by atoms with Crippen LogP contribution in [0.4, 0.5) is 0 Å². The molecule has 1 aromatic carbocycles. The van der Waals surface area contributed by atoms with Gasteiger partial charge in [-0.05, 0) is 43.4 Å². The summed E-state index contributed by atoms with van der Waals surface area (Å²) in [5, 5.41) is 1.24. The number of hydrogen-bond donors (Lipinski definition) is 1. The van der Waals surface area contributed by atoms with E-state index in [2.05, 4.69) is 11.3 Å². The minimum atomic E-state index is 0.439. The minimum Gasteiger partial charge on any atom is -0.325 e. The number of rotatable bonds is 2. The maximum absolute atomic E-state index is 6.38. The Labute approximate surface area is 149 Å². The van der Waals surface area contributed by atoms with Gasteiger partial charge in [0.25, 0.3) is 0 Å². The molecule has 4 rings (SSSR count). The minimum absolute atomic E-state index is 0.439. The number of nitrogens with two attached hydrogens (primary N) is 1. The number of halogens is 2. The molecule has 0 bridgehead atoms. The topological polar surface area (TPSA) is 43.3 Å². The molecule has 2 N–H and O–H groups in total. The van der Waals surface area contributed by atoms with Crippen LogP contribution in [-0.4, -0.2) is 9.38 Å². The fraction of sp³-hybridized carbons (Fsp3) is 0.353. The van der Waals surface area contributed by atoms with Crippen molar-refractivity contribution in [1.29, 1.82) is 0 Å². The van der Waals surface area contributed by atoms with Gasteiger partial charge in [-0.25, -0.2) is 4.98 Å². The van der Waals surface area contributed by atoms with Crippen LogP contribution in [0.5, 0.6) is 0 Å². The molecule has 6 heteroatoms. The Morgan fingerprint density at radius 2 is 2.22 bits per heavy atom.